The van der Waals surface area contributed by atoms with Crippen molar-refractivity contribution in [2.75, 3.05) is 0 Å². The Labute approximate surface area is 185 Å². The molecule has 0 spiro atoms. The van der Waals surface area contributed by atoms with Crippen molar-refractivity contribution >= 4 is 0 Å². The van der Waals surface area contributed by atoms with Crippen LogP contribution in [0.4, 0.5) is 22.0 Å². The Bertz CT molecular complexity index is 1140. The summed E-state index contributed by atoms with van der Waals surface area (Å²) < 4.78 is 72.1. The summed E-state index contributed by atoms with van der Waals surface area (Å²) in [6.07, 6.45) is 4.75. The van der Waals surface area contributed by atoms with E-state index in [2.05, 4.69) is 6.92 Å². The Morgan fingerprint density at radius 2 is 1.59 bits per heavy atom. The van der Waals surface area contributed by atoms with Gasteiger partial charge in [0.05, 0.1) is 0 Å². The second-order valence-electron chi connectivity index (χ2n) is 8.54. The third-order valence-electron chi connectivity index (χ3n) is 6.44. The molecule has 5 heteroatoms. The van der Waals surface area contributed by atoms with Gasteiger partial charge in [0, 0.05) is 11.1 Å². The van der Waals surface area contributed by atoms with Gasteiger partial charge in [0.2, 0.25) is 0 Å². The van der Waals surface area contributed by atoms with Gasteiger partial charge in [-0.15, -0.1) is 0 Å². The first-order chi connectivity index (χ1) is 15.4. The quantitative estimate of drug-likeness (QED) is 0.266. The molecule has 168 valence electrons. The van der Waals surface area contributed by atoms with Crippen LogP contribution >= 0.6 is 0 Å². The fourth-order valence-electron chi connectivity index (χ4n) is 4.64. The smallest absolute Gasteiger partial charge is 0.166 e. The molecule has 0 saturated carbocycles. The average molecular weight is 444 g/mol. The molecule has 0 N–H and O–H groups in total. The summed E-state index contributed by atoms with van der Waals surface area (Å²) in [6.45, 7) is 2.06. The lowest BCUT2D eigenvalue weighted by Gasteiger charge is -2.26. The third-order valence-corrected chi connectivity index (χ3v) is 6.44. The molecule has 0 amide bonds. The van der Waals surface area contributed by atoms with E-state index in [1.807, 2.05) is 0 Å². The SMILES string of the molecule is CCCCCc1ccc(C2CCc3cc(-c4cccc(F)c4F)c(F)cc3C2)c(F)c1F. The van der Waals surface area contributed by atoms with E-state index in [0.717, 1.165) is 30.9 Å². The maximum Gasteiger partial charge on any atom is 0.166 e. The molecule has 0 nitrogen and oxygen atoms in total. The molecular weight excluding hydrogens is 419 g/mol. The van der Waals surface area contributed by atoms with Gasteiger partial charge >= 0.3 is 0 Å². The van der Waals surface area contributed by atoms with Gasteiger partial charge in [-0.2, -0.15) is 0 Å². The van der Waals surface area contributed by atoms with Gasteiger partial charge in [0.1, 0.15) is 5.82 Å². The second kappa shape index (κ2) is 9.43. The number of unbranched alkanes of at least 4 members (excludes halogenated alkanes) is 2. The van der Waals surface area contributed by atoms with E-state index >= 15 is 0 Å². The number of hydrogen-bond donors (Lipinski definition) is 0. The molecule has 1 aliphatic rings. The number of halogens is 5. The highest BCUT2D eigenvalue weighted by molar-refractivity contribution is 5.67. The van der Waals surface area contributed by atoms with E-state index in [1.165, 1.54) is 18.2 Å². The summed E-state index contributed by atoms with van der Waals surface area (Å²) in [5, 5.41) is 0. The molecule has 1 atom stereocenters. The minimum atomic E-state index is -1.09. The van der Waals surface area contributed by atoms with Crippen molar-refractivity contribution in [3.63, 3.8) is 0 Å². The fourth-order valence-corrected chi connectivity index (χ4v) is 4.64. The van der Waals surface area contributed by atoms with Crippen LogP contribution in [-0.2, 0) is 19.3 Å². The normalized spacial score (nSPS) is 15.6. The Balaban J connectivity index is 1.60. The Morgan fingerprint density at radius 1 is 0.781 bits per heavy atom. The van der Waals surface area contributed by atoms with E-state index in [-0.39, 0.29) is 17.0 Å². The monoisotopic (exact) mass is 444 g/mol. The molecule has 0 heterocycles. The van der Waals surface area contributed by atoms with E-state index in [0.29, 0.717) is 42.4 Å². The Hall–Kier alpha value is -2.69. The van der Waals surface area contributed by atoms with Gasteiger partial charge in [0.15, 0.2) is 23.3 Å². The zero-order valence-electron chi connectivity index (χ0n) is 18.0. The molecule has 0 fully saturated rings. The lowest BCUT2D eigenvalue weighted by Crippen LogP contribution is -2.16. The number of hydrogen-bond acceptors (Lipinski definition) is 0. The van der Waals surface area contributed by atoms with Crippen LogP contribution in [0.1, 0.15) is 60.8 Å². The van der Waals surface area contributed by atoms with Crippen molar-refractivity contribution in [1.29, 1.82) is 0 Å². The molecule has 4 rings (SSSR count). The predicted molar refractivity (Wildman–Crippen MR) is 116 cm³/mol. The summed E-state index contributed by atoms with van der Waals surface area (Å²) in [6, 6.07) is 9.85. The van der Waals surface area contributed by atoms with Crippen LogP contribution < -0.4 is 0 Å². The van der Waals surface area contributed by atoms with Crippen LogP contribution in [0, 0.1) is 29.1 Å². The van der Waals surface area contributed by atoms with Crippen LogP contribution in [0.3, 0.4) is 0 Å². The van der Waals surface area contributed by atoms with Gasteiger partial charge in [-0.25, -0.2) is 22.0 Å². The van der Waals surface area contributed by atoms with Crippen molar-refractivity contribution in [2.24, 2.45) is 0 Å². The van der Waals surface area contributed by atoms with Gasteiger partial charge in [-0.1, -0.05) is 44.0 Å². The van der Waals surface area contributed by atoms with Crippen LogP contribution in [0.2, 0.25) is 0 Å². The molecule has 0 saturated heterocycles. The number of rotatable bonds is 6. The zero-order chi connectivity index (χ0) is 22.8. The van der Waals surface area contributed by atoms with Crippen LogP contribution in [0.25, 0.3) is 11.1 Å². The fraction of sp³-hybridized carbons (Fsp3) is 0.333. The van der Waals surface area contributed by atoms with Crippen molar-refractivity contribution in [2.45, 2.75) is 57.8 Å². The van der Waals surface area contributed by atoms with Gasteiger partial charge in [-0.3, -0.25) is 0 Å². The first-order valence-electron chi connectivity index (χ1n) is 11.1. The van der Waals surface area contributed by atoms with E-state index < -0.39 is 29.1 Å². The van der Waals surface area contributed by atoms with Gasteiger partial charge < -0.3 is 0 Å². The van der Waals surface area contributed by atoms with Crippen molar-refractivity contribution in [3.8, 4) is 11.1 Å². The highest BCUT2D eigenvalue weighted by Gasteiger charge is 2.27. The highest BCUT2D eigenvalue weighted by Crippen LogP contribution is 2.38. The summed E-state index contributed by atoms with van der Waals surface area (Å²) in [5.41, 5.74) is 2.09. The first kappa shape index (κ1) is 22.5. The largest absolute Gasteiger partial charge is 0.206 e. The van der Waals surface area contributed by atoms with E-state index in [4.69, 9.17) is 0 Å². The third kappa shape index (κ3) is 4.30. The summed E-state index contributed by atoms with van der Waals surface area (Å²) in [7, 11) is 0. The standard InChI is InChI=1S/C27H25F5/c1-2-3-4-6-16-11-12-20(27(32)25(16)30)18-10-9-17-14-22(24(29)15-19(17)13-18)21-7-5-8-23(28)26(21)31/h5,7-8,11-12,14-15,18H,2-4,6,9-10,13H2,1H3. The minimum absolute atomic E-state index is 0.00728. The number of aryl methyl sites for hydroxylation is 2. The van der Waals surface area contributed by atoms with E-state index in [1.54, 1.807) is 18.2 Å². The van der Waals surface area contributed by atoms with Gasteiger partial charge in [-0.05, 0) is 78.5 Å². The molecular formula is C27H25F5. The molecule has 32 heavy (non-hydrogen) atoms. The summed E-state index contributed by atoms with van der Waals surface area (Å²) in [4.78, 5) is 0. The Kier molecular flexibility index (Phi) is 6.63. The van der Waals surface area contributed by atoms with Crippen molar-refractivity contribution in [1.82, 2.24) is 0 Å². The van der Waals surface area contributed by atoms with Crippen molar-refractivity contribution in [3.05, 3.63) is 93.8 Å². The number of benzene rings is 3. The second-order valence-corrected chi connectivity index (χ2v) is 8.54. The highest BCUT2D eigenvalue weighted by atomic mass is 19.2. The lowest BCUT2D eigenvalue weighted by molar-refractivity contribution is 0.465. The summed E-state index contributed by atoms with van der Waals surface area (Å²) in [5.74, 6) is -4.64. The Morgan fingerprint density at radius 3 is 2.38 bits per heavy atom. The van der Waals surface area contributed by atoms with Crippen LogP contribution in [-0.4, -0.2) is 0 Å². The van der Waals surface area contributed by atoms with Crippen molar-refractivity contribution < 1.29 is 22.0 Å². The molecule has 3 aromatic carbocycles. The maximum absolute atomic E-state index is 14.9. The molecule has 1 aliphatic carbocycles. The molecule has 0 aliphatic heterocycles. The molecule has 1 unspecified atom stereocenters. The predicted octanol–water partition coefficient (Wildman–Crippen LogP) is 8.05. The van der Waals surface area contributed by atoms with Crippen LogP contribution in [0.5, 0.6) is 0 Å². The maximum atomic E-state index is 14.9. The van der Waals surface area contributed by atoms with E-state index in [9.17, 15) is 22.0 Å². The van der Waals surface area contributed by atoms with Crippen LogP contribution in [0.15, 0.2) is 42.5 Å². The lowest BCUT2D eigenvalue weighted by atomic mass is 9.78. The average Bonchev–Trinajstić information content (AvgIpc) is 2.78. The number of fused-ring (bicyclic) bond motifs is 1. The molecule has 0 aromatic heterocycles. The topological polar surface area (TPSA) is 0 Å². The summed E-state index contributed by atoms with van der Waals surface area (Å²) >= 11 is 0. The van der Waals surface area contributed by atoms with Gasteiger partial charge in [0.25, 0.3) is 0 Å². The first-order valence-corrected chi connectivity index (χ1v) is 11.1. The molecule has 3 aromatic rings. The zero-order valence-corrected chi connectivity index (χ0v) is 18.0. The minimum Gasteiger partial charge on any atom is -0.206 e. The molecule has 0 radical (unpaired) electrons. The molecule has 0 bridgehead atoms.